The first-order valence-corrected chi connectivity index (χ1v) is 8.39. The van der Waals surface area contributed by atoms with Gasteiger partial charge in [0.05, 0.1) is 23.8 Å². The van der Waals surface area contributed by atoms with Gasteiger partial charge in [-0.15, -0.1) is 0 Å². The van der Waals surface area contributed by atoms with E-state index in [1.165, 1.54) is 32.0 Å². The molecule has 0 aromatic heterocycles. The molecule has 1 rings (SSSR count). The highest BCUT2D eigenvalue weighted by Gasteiger charge is 2.19. The van der Waals surface area contributed by atoms with Crippen LogP contribution in [0.3, 0.4) is 0 Å². The SMILES string of the molecule is C=C(C)C(=O)OCCc1cccc(C(=O)O)c1C(=O)O.C=CC(=O)OCC(C)O. The van der Waals surface area contributed by atoms with E-state index < -0.39 is 30.0 Å². The third kappa shape index (κ3) is 9.87. The molecule has 29 heavy (non-hydrogen) atoms. The normalized spacial score (nSPS) is 10.6. The Kier molecular flexibility index (Phi) is 11.3. The molecule has 0 spiro atoms. The fourth-order valence-electron chi connectivity index (χ4n) is 1.88. The predicted octanol–water partition coefficient (Wildman–Crippen LogP) is 1.84. The van der Waals surface area contributed by atoms with E-state index in [1.54, 1.807) is 0 Å². The van der Waals surface area contributed by atoms with Crippen LogP contribution in [0.5, 0.6) is 0 Å². The van der Waals surface area contributed by atoms with Gasteiger partial charge in [0.1, 0.15) is 6.61 Å². The summed E-state index contributed by atoms with van der Waals surface area (Å²) in [4.78, 5) is 43.6. The van der Waals surface area contributed by atoms with Crippen molar-refractivity contribution in [3.8, 4) is 0 Å². The van der Waals surface area contributed by atoms with Crippen LogP contribution in [0.1, 0.15) is 40.1 Å². The van der Waals surface area contributed by atoms with E-state index in [2.05, 4.69) is 17.9 Å². The van der Waals surface area contributed by atoms with E-state index in [-0.39, 0.29) is 36.3 Å². The molecule has 1 aromatic carbocycles. The van der Waals surface area contributed by atoms with Gasteiger partial charge < -0.3 is 24.8 Å². The number of carbonyl (C=O) groups excluding carboxylic acids is 2. The van der Waals surface area contributed by atoms with E-state index in [0.717, 1.165) is 6.08 Å². The zero-order valence-electron chi connectivity index (χ0n) is 16.2. The first-order valence-electron chi connectivity index (χ1n) is 8.39. The zero-order chi connectivity index (χ0) is 22.6. The summed E-state index contributed by atoms with van der Waals surface area (Å²) in [5.41, 5.74) is -0.0396. The average Bonchev–Trinajstić information content (AvgIpc) is 2.65. The Morgan fingerprint density at radius 3 is 2.21 bits per heavy atom. The van der Waals surface area contributed by atoms with Gasteiger partial charge in [0.25, 0.3) is 0 Å². The second-order valence-corrected chi connectivity index (χ2v) is 5.80. The highest BCUT2D eigenvalue weighted by Crippen LogP contribution is 2.16. The van der Waals surface area contributed by atoms with Crippen molar-refractivity contribution in [2.24, 2.45) is 0 Å². The van der Waals surface area contributed by atoms with Gasteiger partial charge in [-0.1, -0.05) is 25.3 Å². The van der Waals surface area contributed by atoms with Gasteiger partial charge in [0.2, 0.25) is 0 Å². The summed E-state index contributed by atoms with van der Waals surface area (Å²) in [5, 5.41) is 26.7. The number of ether oxygens (including phenoxy) is 2. The van der Waals surface area contributed by atoms with Crippen molar-refractivity contribution in [1.29, 1.82) is 0 Å². The Labute approximate surface area is 167 Å². The van der Waals surface area contributed by atoms with E-state index >= 15 is 0 Å². The van der Waals surface area contributed by atoms with Crippen molar-refractivity contribution < 1.29 is 44.0 Å². The van der Waals surface area contributed by atoms with Crippen LogP contribution in [0.4, 0.5) is 0 Å². The van der Waals surface area contributed by atoms with Crippen molar-refractivity contribution in [2.75, 3.05) is 13.2 Å². The van der Waals surface area contributed by atoms with Crippen molar-refractivity contribution in [2.45, 2.75) is 26.4 Å². The standard InChI is InChI=1S/C14H14O6.C6H10O3/c1-8(2)14(19)20-7-6-9-4-3-5-10(12(15)16)11(9)13(17)18;1-3-6(8)9-4-5(2)7/h3-5H,1,6-7H2,2H3,(H,15,16)(H,17,18);3,5,7H,1,4H2,2H3. The second kappa shape index (κ2) is 12.8. The lowest BCUT2D eigenvalue weighted by molar-refractivity contribution is -0.140. The molecule has 1 unspecified atom stereocenters. The fraction of sp³-hybridized carbons (Fsp3) is 0.300. The molecule has 0 amide bonds. The van der Waals surface area contributed by atoms with Gasteiger partial charge in [-0.2, -0.15) is 0 Å². The molecule has 0 saturated heterocycles. The molecule has 3 N–H and O–H groups in total. The van der Waals surface area contributed by atoms with Crippen molar-refractivity contribution in [3.05, 3.63) is 59.7 Å². The topological polar surface area (TPSA) is 147 Å². The molecule has 0 heterocycles. The summed E-state index contributed by atoms with van der Waals surface area (Å²) in [6.07, 6.45) is 0.568. The second-order valence-electron chi connectivity index (χ2n) is 5.80. The van der Waals surface area contributed by atoms with Crippen LogP contribution >= 0.6 is 0 Å². The molecule has 1 atom stereocenters. The van der Waals surface area contributed by atoms with Crippen LogP contribution in [0.25, 0.3) is 0 Å². The molecule has 1 aromatic rings. The first-order chi connectivity index (χ1) is 13.5. The Hall–Kier alpha value is -3.46. The maximum Gasteiger partial charge on any atom is 0.336 e. The number of hydrogen-bond donors (Lipinski definition) is 3. The van der Waals surface area contributed by atoms with Crippen LogP contribution in [-0.4, -0.2) is 58.5 Å². The summed E-state index contributed by atoms with van der Waals surface area (Å²) in [6.45, 7) is 9.62. The Morgan fingerprint density at radius 1 is 1.14 bits per heavy atom. The summed E-state index contributed by atoms with van der Waals surface area (Å²) in [6, 6.07) is 4.16. The van der Waals surface area contributed by atoms with Gasteiger partial charge in [0.15, 0.2) is 0 Å². The van der Waals surface area contributed by atoms with E-state index in [9.17, 15) is 19.2 Å². The number of aliphatic hydroxyl groups is 1. The molecular weight excluding hydrogens is 384 g/mol. The fourth-order valence-corrected chi connectivity index (χ4v) is 1.88. The van der Waals surface area contributed by atoms with Crippen LogP contribution < -0.4 is 0 Å². The highest BCUT2D eigenvalue weighted by molar-refractivity contribution is 6.02. The minimum atomic E-state index is -1.33. The molecular formula is C20H24O9. The minimum absolute atomic E-state index is 0.0326. The van der Waals surface area contributed by atoms with Crippen LogP contribution in [0.2, 0.25) is 0 Å². The summed E-state index contributed by atoms with van der Waals surface area (Å²) < 4.78 is 9.31. The van der Waals surface area contributed by atoms with E-state index in [1.807, 2.05) is 0 Å². The molecule has 9 heteroatoms. The summed E-state index contributed by atoms with van der Waals surface area (Å²) in [5.74, 6) is -3.72. The third-order valence-corrected chi connectivity index (χ3v) is 3.18. The van der Waals surface area contributed by atoms with Crippen LogP contribution in [0.15, 0.2) is 43.0 Å². The minimum Gasteiger partial charge on any atom is -0.478 e. The van der Waals surface area contributed by atoms with Gasteiger partial charge in [-0.05, 0) is 25.5 Å². The maximum atomic E-state index is 11.2. The number of esters is 2. The molecule has 0 fully saturated rings. The summed E-state index contributed by atoms with van der Waals surface area (Å²) >= 11 is 0. The third-order valence-electron chi connectivity index (χ3n) is 3.18. The zero-order valence-corrected chi connectivity index (χ0v) is 16.2. The van der Waals surface area contributed by atoms with Crippen LogP contribution in [0, 0.1) is 0 Å². The molecule has 0 aliphatic heterocycles. The van der Waals surface area contributed by atoms with E-state index in [4.69, 9.17) is 20.1 Å². The molecule has 0 saturated carbocycles. The van der Waals surface area contributed by atoms with Gasteiger partial charge in [-0.3, -0.25) is 0 Å². The Morgan fingerprint density at radius 2 is 1.76 bits per heavy atom. The molecule has 0 bridgehead atoms. The first kappa shape index (κ1) is 25.5. The smallest absolute Gasteiger partial charge is 0.336 e. The lowest BCUT2D eigenvalue weighted by atomic mass is 9.99. The van der Waals surface area contributed by atoms with Gasteiger partial charge in [-0.25, -0.2) is 19.2 Å². The number of carboxylic acids is 2. The molecule has 0 aliphatic rings. The molecule has 0 radical (unpaired) electrons. The van der Waals surface area contributed by atoms with E-state index in [0.29, 0.717) is 5.56 Å². The van der Waals surface area contributed by atoms with Crippen molar-refractivity contribution in [3.63, 3.8) is 0 Å². The quantitative estimate of drug-likeness (QED) is 0.411. The van der Waals surface area contributed by atoms with Crippen LogP contribution in [-0.2, 0) is 25.5 Å². The summed E-state index contributed by atoms with van der Waals surface area (Å²) in [7, 11) is 0. The number of benzene rings is 1. The van der Waals surface area contributed by atoms with Crippen molar-refractivity contribution >= 4 is 23.9 Å². The number of carboxylic acid groups (broad SMARTS) is 2. The largest absolute Gasteiger partial charge is 0.478 e. The molecule has 9 nitrogen and oxygen atoms in total. The number of carbonyl (C=O) groups is 4. The number of rotatable bonds is 9. The highest BCUT2D eigenvalue weighted by atomic mass is 16.5. The monoisotopic (exact) mass is 408 g/mol. The van der Waals surface area contributed by atoms with Gasteiger partial charge >= 0.3 is 23.9 Å². The molecule has 0 aliphatic carbocycles. The number of hydrogen-bond acceptors (Lipinski definition) is 7. The van der Waals surface area contributed by atoms with Gasteiger partial charge in [0, 0.05) is 18.1 Å². The lowest BCUT2D eigenvalue weighted by Gasteiger charge is -2.09. The average molecular weight is 408 g/mol. The Bertz CT molecular complexity index is 778. The predicted molar refractivity (Wildman–Crippen MR) is 103 cm³/mol. The maximum absolute atomic E-state index is 11.2. The lowest BCUT2D eigenvalue weighted by Crippen LogP contribution is -2.14. The molecule has 158 valence electrons. The van der Waals surface area contributed by atoms with Crippen molar-refractivity contribution in [1.82, 2.24) is 0 Å². The number of aromatic carboxylic acids is 2. The Balaban J connectivity index is 0.000000734. The number of aliphatic hydroxyl groups excluding tert-OH is 1.